The summed E-state index contributed by atoms with van der Waals surface area (Å²) in [7, 11) is 0. The molecular weight excluding hydrogens is 278 g/mol. The molecule has 0 bridgehead atoms. The minimum Gasteiger partial charge on any atom is -0.481 e. The Morgan fingerprint density at radius 1 is 1.60 bits per heavy atom. The molecule has 1 saturated heterocycles. The van der Waals surface area contributed by atoms with E-state index < -0.39 is 6.10 Å². The zero-order valence-electron chi connectivity index (χ0n) is 11.6. The van der Waals surface area contributed by atoms with Crippen molar-refractivity contribution in [1.82, 2.24) is 5.32 Å². The highest BCUT2D eigenvalue weighted by Gasteiger charge is 2.21. The van der Waals surface area contributed by atoms with E-state index in [9.17, 15) is 4.79 Å². The molecule has 110 valence electrons. The predicted molar refractivity (Wildman–Crippen MR) is 78.1 cm³/mol. The van der Waals surface area contributed by atoms with Crippen molar-refractivity contribution in [3.8, 4) is 5.75 Å². The summed E-state index contributed by atoms with van der Waals surface area (Å²) in [5.74, 6) is 0.500. The van der Waals surface area contributed by atoms with Gasteiger partial charge in [-0.2, -0.15) is 0 Å². The highest BCUT2D eigenvalue weighted by Crippen LogP contribution is 2.19. The van der Waals surface area contributed by atoms with Crippen molar-refractivity contribution in [3.05, 3.63) is 29.3 Å². The SMILES string of the molecule is CC[C@H](Oc1cccc(Cl)c1)C(=O)NC[C@H]1CCCO1. The van der Waals surface area contributed by atoms with E-state index in [1.165, 1.54) is 0 Å². The van der Waals surface area contributed by atoms with Crippen LogP contribution >= 0.6 is 11.6 Å². The lowest BCUT2D eigenvalue weighted by molar-refractivity contribution is -0.128. The van der Waals surface area contributed by atoms with E-state index in [0.717, 1.165) is 19.4 Å². The molecule has 1 amide bonds. The van der Waals surface area contributed by atoms with E-state index in [0.29, 0.717) is 23.7 Å². The highest BCUT2D eigenvalue weighted by molar-refractivity contribution is 6.30. The standard InChI is InChI=1S/C15H20ClNO3/c1-2-14(20-12-6-3-5-11(16)9-12)15(18)17-10-13-7-4-8-19-13/h3,5-6,9,13-14H,2,4,7-8,10H2,1H3,(H,17,18)/t13-,14+/m1/s1. The van der Waals surface area contributed by atoms with Crippen molar-refractivity contribution in [1.29, 1.82) is 0 Å². The fourth-order valence-corrected chi connectivity index (χ4v) is 2.34. The van der Waals surface area contributed by atoms with Gasteiger partial charge in [-0.15, -0.1) is 0 Å². The lowest BCUT2D eigenvalue weighted by atomic mass is 10.2. The van der Waals surface area contributed by atoms with Gasteiger partial charge in [0.15, 0.2) is 6.10 Å². The maximum absolute atomic E-state index is 12.1. The van der Waals surface area contributed by atoms with Crippen LogP contribution in [-0.4, -0.2) is 31.3 Å². The number of carbonyl (C=O) groups is 1. The van der Waals surface area contributed by atoms with Crippen molar-refractivity contribution in [2.24, 2.45) is 0 Å². The summed E-state index contributed by atoms with van der Waals surface area (Å²) in [5, 5.41) is 3.48. The van der Waals surface area contributed by atoms with E-state index >= 15 is 0 Å². The number of benzene rings is 1. The van der Waals surface area contributed by atoms with Crippen LogP contribution in [-0.2, 0) is 9.53 Å². The van der Waals surface area contributed by atoms with Gasteiger partial charge in [-0.05, 0) is 37.5 Å². The van der Waals surface area contributed by atoms with Crippen molar-refractivity contribution in [3.63, 3.8) is 0 Å². The lowest BCUT2D eigenvalue weighted by Crippen LogP contribution is -2.41. The smallest absolute Gasteiger partial charge is 0.261 e. The van der Waals surface area contributed by atoms with Crippen LogP contribution in [0, 0.1) is 0 Å². The average molecular weight is 298 g/mol. The average Bonchev–Trinajstić information content (AvgIpc) is 2.95. The number of hydrogen-bond donors (Lipinski definition) is 1. The third-order valence-corrected chi connectivity index (χ3v) is 3.50. The molecule has 20 heavy (non-hydrogen) atoms. The molecule has 0 radical (unpaired) electrons. The molecule has 1 aromatic carbocycles. The number of ether oxygens (including phenoxy) is 2. The van der Waals surface area contributed by atoms with Crippen molar-refractivity contribution in [2.75, 3.05) is 13.2 Å². The summed E-state index contributed by atoms with van der Waals surface area (Å²) in [6.45, 7) is 3.26. The number of carbonyl (C=O) groups excluding carboxylic acids is 1. The Morgan fingerprint density at radius 3 is 3.10 bits per heavy atom. The Morgan fingerprint density at radius 2 is 2.45 bits per heavy atom. The van der Waals surface area contributed by atoms with E-state index in [2.05, 4.69) is 5.32 Å². The van der Waals surface area contributed by atoms with Crippen LogP contribution < -0.4 is 10.1 Å². The maximum atomic E-state index is 12.1. The Hall–Kier alpha value is -1.26. The van der Waals surface area contributed by atoms with Gasteiger partial charge in [0.05, 0.1) is 6.10 Å². The van der Waals surface area contributed by atoms with E-state index in [1.54, 1.807) is 24.3 Å². The lowest BCUT2D eigenvalue weighted by Gasteiger charge is -2.18. The van der Waals surface area contributed by atoms with E-state index in [-0.39, 0.29) is 12.0 Å². The van der Waals surface area contributed by atoms with Gasteiger partial charge < -0.3 is 14.8 Å². The molecular formula is C15H20ClNO3. The van der Waals surface area contributed by atoms with Gasteiger partial charge in [0.1, 0.15) is 5.75 Å². The molecule has 2 atom stereocenters. The monoisotopic (exact) mass is 297 g/mol. The van der Waals surface area contributed by atoms with Crippen LogP contribution in [0.5, 0.6) is 5.75 Å². The molecule has 0 saturated carbocycles. The topological polar surface area (TPSA) is 47.6 Å². The van der Waals surface area contributed by atoms with Crippen LogP contribution in [0.3, 0.4) is 0 Å². The molecule has 1 heterocycles. The molecule has 0 aliphatic carbocycles. The Labute approximate surface area is 124 Å². The van der Waals surface area contributed by atoms with E-state index in [4.69, 9.17) is 21.1 Å². The van der Waals surface area contributed by atoms with Crippen LogP contribution in [0.1, 0.15) is 26.2 Å². The first-order valence-corrected chi connectivity index (χ1v) is 7.38. The second-order valence-corrected chi connectivity index (χ2v) is 5.29. The summed E-state index contributed by atoms with van der Waals surface area (Å²) < 4.78 is 11.2. The molecule has 1 aromatic rings. The minimum absolute atomic E-state index is 0.108. The number of halogens is 1. The highest BCUT2D eigenvalue weighted by atomic mass is 35.5. The molecule has 0 spiro atoms. The normalized spacial score (nSPS) is 19.6. The largest absolute Gasteiger partial charge is 0.481 e. The van der Waals surface area contributed by atoms with E-state index in [1.807, 2.05) is 6.92 Å². The Balaban J connectivity index is 1.85. The van der Waals surface area contributed by atoms with Crippen LogP contribution in [0.2, 0.25) is 5.02 Å². The fourth-order valence-electron chi connectivity index (χ4n) is 2.16. The molecule has 1 N–H and O–H groups in total. The van der Waals surface area contributed by atoms with Crippen molar-refractivity contribution >= 4 is 17.5 Å². The third kappa shape index (κ3) is 4.39. The number of hydrogen-bond acceptors (Lipinski definition) is 3. The molecule has 1 fully saturated rings. The minimum atomic E-state index is -0.505. The van der Waals surface area contributed by atoms with Gasteiger partial charge in [-0.1, -0.05) is 24.6 Å². The molecule has 0 unspecified atom stereocenters. The van der Waals surface area contributed by atoms with Gasteiger partial charge in [0.25, 0.3) is 5.91 Å². The van der Waals surface area contributed by atoms with Crippen LogP contribution in [0.25, 0.3) is 0 Å². The van der Waals surface area contributed by atoms with Gasteiger partial charge in [-0.25, -0.2) is 0 Å². The maximum Gasteiger partial charge on any atom is 0.261 e. The first kappa shape index (κ1) is 15.1. The Kier molecular flexibility index (Phi) is 5.68. The second kappa shape index (κ2) is 7.50. The van der Waals surface area contributed by atoms with Gasteiger partial charge in [0, 0.05) is 18.2 Å². The third-order valence-electron chi connectivity index (χ3n) is 3.27. The molecule has 1 aliphatic rings. The first-order chi connectivity index (χ1) is 9.69. The van der Waals surface area contributed by atoms with Gasteiger partial charge >= 0.3 is 0 Å². The number of amides is 1. The van der Waals surface area contributed by atoms with Crippen molar-refractivity contribution < 1.29 is 14.3 Å². The van der Waals surface area contributed by atoms with Crippen LogP contribution in [0.4, 0.5) is 0 Å². The Bertz CT molecular complexity index is 446. The quantitative estimate of drug-likeness (QED) is 0.878. The van der Waals surface area contributed by atoms with Crippen LogP contribution in [0.15, 0.2) is 24.3 Å². The zero-order chi connectivity index (χ0) is 14.4. The molecule has 1 aliphatic heterocycles. The summed E-state index contributed by atoms with van der Waals surface area (Å²) >= 11 is 5.90. The van der Waals surface area contributed by atoms with Gasteiger partial charge in [-0.3, -0.25) is 4.79 Å². The van der Waals surface area contributed by atoms with Gasteiger partial charge in [0.2, 0.25) is 0 Å². The predicted octanol–water partition coefficient (Wildman–Crippen LogP) is 2.79. The van der Waals surface area contributed by atoms with Crippen molar-refractivity contribution in [2.45, 2.75) is 38.4 Å². The zero-order valence-corrected chi connectivity index (χ0v) is 12.4. The molecule has 2 rings (SSSR count). The number of rotatable bonds is 6. The molecule has 0 aromatic heterocycles. The summed E-state index contributed by atoms with van der Waals surface area (Å²) in [6, 6.07) is 7.07. The molecule has 5 heteroatoms. The first-order valence-electron chi connectivity index (χ1n) is 7.00. The number of nitrogens with one attached hydrogen (secondary N) is 1. The second-order valence-electron chi connectivity index (χ2n) is 4.85. The summed E-state index contributed by atoms with van der Waals surface area (Å²) in [5.41, 5.74) is 0. The fraction of sp³-hybridized carbons (Fsp3) is 0.533. The molecule has 4 nitrogen and oxygen atoms in total. The summed E-state index contributed by atoms with van der Waals surface area (Å²) in [6.07, 6.45) is 2.31. The summed E-state index contributed by atoms with van der Waals surface area (Å²) in [4.78, 5) is 12.1.